The van der Waals surface area contributed by atoms with Gasteiger partial charge in [-0.2, -0.15) is 0 Å². The molecule has 1 aliphatic rings. The van der Waals surface area contributed by atoms with E-state index < -0.39 is 29.2 Å². The van der Waals surface area contributed by atoms with E-state index >= 15 is 0 Å². The smallest absolute Gasteiger partial charge is 0.152 e. The first-order valence-electron chi connectivity index (χ1n) is 6.35. The Morgan fingerprint density at radius 2 is 1.74 bits per heavy atom. The third-order valence-electron chi connectivity index (χ3n) is 3.19. The molecular weight excluding hydrogens is 257 g/mol. The van der Waals surface area contributed by atoms with Gasteiger partial charge in [-0.1, -0.05) is 0 Å². The van der Waals surface area contributed by atoms with Gasteiger partial charge in [-0.05, 0) is 25.9 Å². The standard InChI is InChI=1S/C13H17F3N2O/c14-9-5-11(15)13(12(16)6-9)17-7-10(19)8-18-3-1-2-4-18/h5-6,10,17,19H,1-4,7-8H2. The molecule has 0 spiro atoms. The number of hydrogen-bond donors (Lipinski definition) is 2. The quantitative estimate of drug-likeness (QED) is 0.861. The number of halogens is 3. The van der Waals surface area contributed by atoms with Crippen LogP contribution in [0.15, 0.2) is 12.1 Å². The first kappa shape index (κ1) is 14.1. The molecular formula is C13H17F3N2O. The SMILES string of the molecule is OC(CNc1c(F)cc(F)cc1F)CN1CCCC1. The molecule has 0 saturated carbocycles. The summed E-state index contributed by atoms with van der Waals surface area (Å²) in [6.07, 6.45) is 1.50. The second kappa shape index (κ2) is 6.25. The highest BCUT2D eigenvalue weighted by molar-refractivity contribution is 5.46. The number of aliphatic hydroxyl groups excluding tert-OH is 1. The summed E-state index contributed by atoms with van der Waals surface area (Å²) >= 11 is 0. The van der Waals surface area contributed by atoms with Crippen LogP contribution < -0.4 is 5.32 Å². The molecule has 6 heteroatoms. The summed E-state index contributed by atoms with van der Waals surface area (Å²) in [4.78, 5) is 2.10. The summed E-state index contributed by atoms with van der Waals surface area (Å²) in [6, 6.07) is 1.22. The zero-order valence-corrected chi connectivity index (χ0v) is 10.5. The Bertz CT molecular complexity index is 413. The van der Waals surface area contributed by atoms with Crippen molar-refractivity contribution >= 4 is 5.69 Å². The van der Waals surface area contributed by atoms with Gasteiger partial charge in [0.2, 0.25) is 0 Å². The fraction of sp³-hybridized carbons (Fsp3) is 0.538. The molecule has 0 radical (unpaired) electrons. The van der Waals surface area contributed by atoms with Gasteiger partial charge in [-0.3, -0.25) is 0 Å². The predicted octanol–water partition coefficient (Wildman–Crippen LogP) is 1.97. The third-order valence-corrected chi connectivity index (χ3v) is 3.19. The van der Waals surface area contributed by atoms with Gasteiger partial charge in [0, 0.05) is 25.2 Å². The number of hydrogen-bond acceptors (Lipinski definition) is 3. The molecule has 19 heavy (non-hydrogen) atoms. The minimum Gasteiger partial charge on any atom is -0.390 e. The van der Waals surface area contributed by atoms with E-state index in [1.165, 1.54) is 0 Å². The van der Waals surface area contributed by atoms with E-state index in [1.54, 1.807) is 0 Å². The van der Waals surface area contributed by atoms with Crippen molar-refractivity contribution in [1.82, 2.24) is 4.90 Å². The number of benzene rings is 1. The van der Waals surface area contributed by atoms with Crippen LogP contribution in [0.3, 0.4) is 0 Å². The lowest BCUT2D eigenvalue weighted by atomic mass is 10.2. The second-order valence-corrected chi connectivity index (χ2v) is 4.79. The molecule has 3 nitrogen and oxygen atoms in total. The van der Waals surface area contributed by atoms with Crippen LogP contribution in [-0.4, -0.2) is 42.3 Å². The average Bonchev–Trinajstić information content (AvgIpc) is 2.80. The third kappa shape index (κ3) is 3.84. The van der Waals surface area contributed by atoms with Crippen molar-refractivity contribution in [2.45, 2.75) is 18.9 Å². The summed E-state index contributed by atoms with van der Waals surface area (Å²) in [5.41, 5.74) is -0.401. The van der Waals surface area contributed by atoms with Crippen molar-refractivity contribution < 1.29 is 18.3 Å². The second-order valence-electron chi connectivity index (χ2n) is 4.79. The van der Waals surface area contributed by atoms with E-state index in [9.17, 15) is 18.3 Å². The Hall–Kier alpha value is -1.27. The van der Waals surface area contributed by atoms with Crippen LogP contribution in [0.5, 0.6) is 0 Å². The first-order chi connectivity index (χ1) is 9.06. The summed E-state index contributed by atoms with van der Waals surface area (Å²) in [5, 5.41) is 12.3. The molecule has 0 aliphatic carbocycles. The molecule has 1 heterocycles. The number of aliphatic hydroxyl groups is 1. The van der Waals surface area contributed by atoms with Crippen molar-refractivity contribution in [3.05, 3.63) is 29.6 Å². The lowest BCUT2D eigenvalue weighted by molar-refractivity contribution is 0.135. The maximum absolute atomic E-state index is 13.3. The Labute approximate surface area is 110 Å². The molecule has 2 rings (SSSR count). The van der Waals surface area contributed by atoms with Gasteiger partial charge in [-0.15, -0.1) is 0 Å². The highest BCUT2D eigenvalue weighted by Gasteiger charge is 2.17. The summed E-state index contributed by atoms with van der Waals surface area (Å²) < 4.78 is 39.4. The normalized spacial score (nSPS) is 17.7. The van der Waals surface area contributed by atoms with E-state index in [4.69, 9.17) is 0 Å². The van der Waals surface area contributed by atoms with Crippen molar-refractivity contribution in [3.63, 3.8) is 0 Å². The van der Waals surface area contributed by atoms with E-state index in [2.05, 4.69) is 10.2 Å². The van der Waals surface area contributed by atoms with E-state index in [-0.39, 0.29) is 6.54 Å². The molecule has 106 valence electrons. The van der Waals surface area contributed by atoms with Gasteiger partial charge in [0.1, 0.15) is 11.5 Å². The molecule has 0 amide bonds. The Morgan fingerprint density at radius 1 is 1.16 bits per heavy atom. The van der Waals surface area contributed by atoms with Crippen LogP contribution in [0, 0.1) is 17.5 Å². The lowest BCUT2D eigenvalue weighted by Gasteiger charge is -2.20. The van der Waals surface area contributed by atoms with Crippen LogP contribution in [0.25, 0.3) is 0 Å². The fourth-order valence-electron chi connectivity index (χ4n) is 2.26. The Morgan fingerprint density at radius 3 is 2.32 bits per heavy atom. The number of β-amino-alcohol motifs (C(OH)–C–C–N with tert-alkyl or cyclic N) is 1. The molecule has 1 fully saturated rings. The molecule has 0 aromatic heterocycles. The zero-order valence-electron chi connectivity index (χ0n) is 10.5. The minimum absolute atomic E-state index is 0.0238. The highest BCUT2D eigenvalue weighted by Crippen LogP contribution is 2.20. The van der Waals surface area contributed by atoms with Crippen molar-refractivity contribution in [2.24, 2.45) is 0 Å². The van der Waals surface area contributed by atoms with Crippen LogP contribution in [0.1, 0.15) is 12.8 Å². The van der Waals surface area contributed by atoms with Crippen LogP contribution in [0.2, 0.25) is 0 Å². The summed E-state index contributed by atoms with van der Waals surface area (Å²) in [6.45, 7) is 2.38. The largest absolute Gasteiger partial charge is 0.390 e. The van der Waals surface area contributed by atoms with E-state index in [0.717, 1.165) is 25.9 Å². The molecule has 1 aromatic rings. The fourth-order valence-corrected chi connectivity index (χ4v) is 2.26. The number of likely N-dealkylation sites (tertiary alicyclic amines) is 1. The Balaban J connectivity index is 1.87. The molecule has 1 unspecified atom stereocenters. The lowest BCUT2D eigenvalue weighted by Crippen LogP contribution is -2.34. The van der Waals surface area contributed by atoms with Gasteiger partial charge >= 0.3 is 0 Å². The van der Waals surface area contributed by atoms with Crippen molar-refractivity contribution in [3.8, 4) is 0 Å². The predicted molar refractivity (Wildman–Crippen MR) is 66.5 cm³/mol. The first-order valence-corrected chi connectivity index (χ1v) is 6.35. The number of anilines is 1. The molecule has 1 saturated heterocycles. The van der Waals surface area contributed by atoms with Crippen LogP contribution in [-0.2, 0) is 0 Å². The van der Waals surface area contributed by atoms with Gasteiger partial charge in [0.15, 0.2) is 11.6 Å². The Kier molecular flexibility index (Phi) is 4.66. The van der Waals surface area contributed by atoms with Crippen LogP contribution in [0.4, 0.5) is 18.9 Å². The van der Waals surface area contributed by atoms with Gasteiger partial charge in [0.25, 0.3) is 0 Å². The maximum Gasteiger partial charge on any atom is 0.152 e. The minimum atomic E-state index is -0.995. The molecule has 0 bridgehead atoms. The van der Waals surface area contributed by atoms with E-state index in [1.807, 2.05) is 0 Å². The number of nitrogens with one attached hydrogen (secondary N) is 1. The molecule has 2 N–H and O–H groups in total. The summed E-state index contributed by atoms with van der Waals surface area (Å²) in [5.74, 6) is -2.95. The molecule has 1 aromatic carbocycles. The number of rotatable bonds is 5. The topological polar surface area (TPSA) is 35.5 Å². The monoisotopic (exact) mass is 274 g/mol. The maximum atomic E-state index is 13.3. The molecule has 1 atom stereocenters. The van der Waals surface area contributed by atoms with Crippen molar-refractivity contribution in [2.75, 3.05) is 31.5 Å². The van der Waals surface area contributed by atoms with Gasteiger partial charge in [0.05, 0.1) is 6.10 Å². The number of nitrogens with zero attached hydrogens (tertiary/aromatic N) is 1. The zero-order chi connectivity index (χ0) is 13.8. The highest BCUT2D eigenvalue weighted by atomic mass is 19.1. The van der Waals surface area contributed by atoms with E-state index in [0.29, 0.717) is 18.7 Å². The van der Waals surface area contributed by atoms with Crippen LogP contribution >= 0.6 is 0 Å². The van der Waals surface area contributed by atoms with Crippen molar-refractivity contribution in [1.29, 1.82) is 0 Å². The van der Waals surface area contributed by atoms with Gasteiger partial charge < -0.3 is 15.3 Å². The molecule has 1 aliphatic heterocycles. The summed E-state index contributed by atoms with van der Waals surface area (Å²) in [7, 11) is 0. The average molecular weight is 274 g/mol. The van der Waals surface area contributed by atoms with Gasteiger partial charge in [-0.25, -0.2) is 13.2 Å².